The average Bonchev–Trinajstić information content (AvgIpc) is 3.46. The van der Waals surface area contributed by atoms with Crippen LogP contribution in [-0.4, -0.2) is 45.4 Å². The Labute approximate surface area is 497 Å². The van der Waals surface area contributed by atoms with Crippen molar-refractivity contribution < 1.29 is 18.9 Å². The summed E-state index contributed by atoms with van der Waals surface area (Å²) in [5.41, 5.74) is 0. The van der Waals surface area contributed by atoms with Crippen molar-refractivity contribution in [3.05, 3.63) is 48.6 Å². The summed E-state index contributed by atoms with van der Waals surface area (Å²) in [5.74, 6) is -0.825. The molecule has 0 saturated heterocycles. The third-order valence-corrected chi connectivity index (χ3v) is 16.3. The number of allylic oxidation sites excluding steroid dienone is 8. The molecule has 0 bridgehead atoms. The fourth-order valence-electron chi connectivity index (χ4n) is 10.8. The number of rotatable bonds is 70. The van der Waals surface area contributed by atoms with Crippen LogP contribution in [0, 0.1) is 0 Å². The summed E-state index contributed by atoms with van der Waals surface area (Å²) in [4.78, 5) is 0. The lowest BCUT2D eigenvalue weighted by molar-refractivity contribution is -0.283. The van der Waals surface area contributed by atoms with E-state index in [1.54, 1.807) is 0 Å². The number of unbranched alkanes of at least 4 members (excludes halogenated alkanes) is 48. The molecule has 0 unspecified atom stereocenters. The van der Waals surface area contributed by atoms with Crippen molar-refractivity contribution >= 4 is 0 Å². The molecule has 0 rings (SSSR count). The van der Waals surface area contributed by atoms with Crippen LogP contribution in [0.2, 0.25) is 0 Å². The molecule has 0 spiro atoms. The van der Waals surface area contributed by atoms with Crippen molar-refractivity contribution in [1.82, 2.24) is 0 Å². The van der Waals surface area contributed by atoms with Gasteiger partial charge in [-0.3, -0.25) is 0 Å². The Morgan fingerprint density at radius 3 is 0.557 bits per heavy atom. The van der Waals surface area contributed by atoms with Gasteiger partial charge in [0.05, 0.1) is 13.2 Å². The van der Waals surface area contributed by atoms with Crippen LogP contribution in [0.4, 0.5) is 0 Å². The normalized spacial score (nSPS) is 12.4. The van der Waals surface area contributed by atoms with Gasteiger partial charge in [0.1, 0.15) is 13.2 Å². The number of ether oxygens (including phenoxy) is 4. The maximum atomic E-state index is 6.85. The van der Waals surface area contributed by atoms with Crippen molar-refractivity contribution in [2.75, 3.05) is 39.6 Å². The molecule has 0 aliphatic carbocycles. The second kappa shape index (κ2) is 71.1. The van der Waals surface area contributed by atoms with Gasteiger partial charge in [-0.2, -0.15) is 0 Å². The van der Waals surface area contributed by atoms with Crippen LogP contribution in [0.25, 0.3) is 0 Å². The molecule has 79 heavy (non-hydrogen) atoms. The Bertz CT molecular complexity index is 1110. The van der Waals surface area contributed by atoms with Crippen molar-refractivity contribution in [2.45, 2.75) is 393 Å². The molecular weight excluding hydrogens is 965 g/mol. The quantitative estimate of drug-likeness (QED) is 0.0346. The maximum Gasteiger partial charge on any atom is 0.216 e. The predicted molar refractivity (Wildman–Crippen MR) is 354 cm³/mol. The monoisotopic (exact) mass is 1110 g/mol. The molecule has 0 radical (unpaired) electrons. The Kier molecular flexibility index (Phi) is 70.0. The second-order valence-electron chi connectivity index (χ2n) is 24.5. The van der Waals surface area contributed by atoms with E-state index in [2.05, 4.69) is 76.3 Å². The van der Waals surface area contributed by atoms with Crippen LogP contribution in [-0.2, 0) is 18.9 Å². The van der Waals surface area contributed by atoms with Gasteiger partial charge >= 0.3 is 0 Å². The summed E-state index contributed by atoms with van der Waals surface area (Å²) in [6.07, 6.45) is 93.3. The standard InChI is InChI=1S/C75H144O4/c1-5-9-13-17-21-25-29-33-37-41-45-49-53-57-61-65-69-76-73-75(78-71-67-63-59-55-51-47-43-39-35-31-27-23-19-15-11-7-3,79-72-68-64-60-56-52-48-44-40-36-32-28-24-20-16-12-8-4)74-77-70-66-62-58-54-50-46-42-38-34-30-26-22-18-14-10-6-2/h33-40H,5-32,41-74H2,1-4H3/b37-33-,38-34-,39-35-,40-36-. The minimum atomic E-state index is -0.825. The third kappa shape index (κ3) is 65.8. The second-order valence-corrected chi connectivity index (χ2v) is 24.5. The highest BCUT2D eigenvalue weighted by Gasteiger charge is 2.33. The molecule has 0 fully saturated rings. The zero-order valence-electron chi connectivity index (χ0n) is 54.6. The lowest BCUT2D eigenvalue weighted by Crippen LogP contribution is -2.46. The zero-order chi connectivity index (χ0) is 56.8. The first kappa shape index (κ1) is 77.8. The minimum absolute atomic E-state index is 0.463. The summed E-state index contributed by atoms with van der Waals surface area (Å²) in [6.45, 7) is 13.1. The summed E-state index contributed by atoms with van der Waals surface area (Å²) >= 11 is 0. The SMILES string of the molecule is CCCCCCCC/C=C\CCCCCCCCOCC(COCCCCCCCC/C=C\CCCCCCCC)(OCCCCCCCC/C=C\CCCCCCCC)OCCCCCCCC/C=C\CCCCCCCC. The van der Waals surface area contributed by atoms with Gasteiger partial charge in [0.15, 0.2) is 0 Å². The van der Waals surface area contributed by atoms with E-state index in [4.69, 9.17) is 18.9 Å². The first-order valence-corrected chi connectivity index (χ1v) is 36.3. The van der Waals surface area contributed by atoms with Crippen molar-refractivity contribution in [1.29, 1.82) is 0 Å². The fraction of sp³-hybridized carbons (Fsp3) is 0.893. The summed E-state index contributed by atoms with van der Waals surface area (Å²) < 4.78 is 26.7. The van der Waals surface area contributed by atoms with E-state index >= 15 is 0 Å². The molecule has 0 saturated carbocycles. The van der Waals surface area contributed by atoms with Gasteiger partial charge in [-0.1, -0.05) is 307 Å². The van der Waals surface area contributed by atoms with Crippen LogP contribution in [0.3, 0.4) is 0 Å². The van der Waals surface area contributed by atoms with Gasteiger partial charge < -0.3 is 18.9 Å². The first-order valence-electron chi connectivity index (χ1n) is 36.3. The first-order chi connectivity index (χ1) is 39.2. The highest BCUT2D eigenvalue weighted by Crippen LogP contribution is 2.21. The Hall–Kier alpha value is -1.20. The Morgan fingerprint density at radius 1 is 0.190 bits per heavy atom. The Balaban J connectivity index is 5.08. The smallest absolute Gasteiger partial charge is 0.216 e. The van der Waals surface area contributed by atoms with Gasteiger partial charge in [-0.25, -0.2) is 0 Å². The van der Waals surface area contributed by atoms with E-state index in [0.717, 1.165) is 38.9 Å². The molecule has 0 aromatic carbocycles. The topological polar surface area (TPSA) is 36.9 Å². The van der Waals surface area contributed by atoms with Gasteiger partial charge in [0.25, 0.3) is 0 Å². The fourth-order valence-corrected chi connectivity index (χ4v) is 10.8. The molecule has 0 N–H and O–H groups in total. The molecule has 0 aromatic rings. The van der Waals surface area contributed by atoms with E-state index in [9.17, 15) is 0 Å². The summed E-state index contributed by atoms with van der Waals surface area (Å²) in [6, 6.07) is 0. The van der Waals surface area contributed by atoms with Gasteiger partial charge in [0.2, 0.25) is 5.79 Å². The van der Waals surface area contributed by atoms with E-state index in [0.29, 0.717) is 26.4 Å². The number of hydrogen-bond donors (Lipinski definition) is 0. The Morgan fingerprint density at radius 2 is 0.354 bits per heavy atom. The largest absolute Gasteiger partial charge is 0.376 e. The molecule has 0 aliphatic rings. The summed E-state index contributed by atoms with van der Waals surface area (Å²) in [7, 11) is 0. The van der Waals surface area contributed by atoms with Crippen molar-refractivity contribution in [3.8, 4) is 0 Å². The van der Waals surface area contributed by atoms with E-state index in [1.165, 1.54) is 334 Å². The van der Waals surface area contributed by atoms with E-state index in [-0.39, 0.29) is 0 Å². The van der Waals surface area contributed by atoms with Crippen LogP contribution in [0.1, 0.15) is 387 Å². The molecule has 0 heterocycles. The number of hydrogen-bond acceptors (Lipinski definition) is 4. The lowest BCUT2D eigenvalue weighted by Gasteiger charge is -2.33. The highest BCUT2D eigenvalue weighted by molar-refractivity contribution is 4.84. The van der Waals surface area contributed by atoms with Gasteiger partial charge in [-0.15, -0.1) is 0 Å². The van der Waals surface area contributed by atoms with Crippen molar-refractivity contribution in [2.24, 2.45) is 0 Å². The molecule has 4 nitrogen and oxygen atoms in total. The zero-order valence-corrected chi connectivity index (χ0v) is 54.6. The van der Waals surface area contributed by atoms with E-state index in [1.807, 2.05) is 0 Å². The van der Waals surface area contributed by atoms with Crippen LogP contribution >= 0.6 is 0 Å². The summed E-state index contributed by atoms with van der Waals surface area (Å²) in [5, 5.41) is 0. The molecule has 4 heteroatoms. The van der Waals surface area contributed by atoms with Gasteiger partial charge in [0, 0.05) is 13.2 Å². The highest BCUT2D eigenvalue weighted by atomic mass is 16.7. The average molecular weight is 1110 g/mol. The lowest BCUT2D eigenvalue weighted by atomic mass is 10.1. The molecular formula is C75H144O4. The van der Waals surface area contributed by atoms with Crippen molar-refractivity contribution in [3.63, 3.8) is 0 Å². The molecule has 0 atom stereocenters. The van der Waals surface area contributed by atoms with E-state index < -0.39 is 5.79 Å². The third-order valence-electron chi connectivity index (χ3n) is 16.3. The minimum Gasteiger partial charge on any atom is -0.376 e. The van der Waals surface area contributed by atoms with Crippen LogP contribution < -0.4 is 0 Å². The molecule has 0 aromatic heterocycles. The van der Waals surface area contributed by atoms with Crippen LogP contribution in [0.15, 0.2) is 48.6 Å². The van der Waals surface area contributed by atoms with Crippen LogP contribution in [0.5, 0.6) is 0 Å². The molecule has 468 valence electrons. The maximum absolute atomic E-state index is 6.85. The molecule has 0 aliphatic heterocycles. The van der Waals surface area contributed by atoms with Gasteiger partial charge in [-0.05, 0) is 128 Å². The predicted octanol–water partition coefficient (Wildman–Crippen LogP) is 25.9. The molecule has 0 amide bonds.